The Balaban J connectivity index is 1.80. The Hall–Kier alpha value is -2.96. The van der Waals surface area contributed by atoms with Gasteiger partial charge in [-0.2, -0.15) is 4.52 Å². The monoisotopic (exact) mass is 283 g/mol. The van der Waals surface area contributed by atoms with Crippen LogP contribution in [0.3, 0.4) is 0 Å². The molecule has 21 heavy (non-hydrogen) atoms. The van der Waals surface area contributed by atoms with Crippen LogP contribution in [-0.2, 0) is 11.2 Å². The lowest BCUT2D eigenvalue weighted by molar-refractivity contribution is -0.115. The maximum absolute atomic E-state index is 12.0. The highest BCUT2D eigenvalue weighted by Crippen LogP contribution is 2.13. The lowest BCUT2D eigenvalue weighted by Gasteiger charge is -2.07. The molecule has 3 rings (SSSR count). The number of nitrogens with zero attached hydrogens (tertiary/aromatic N) is 3. The number of amides is 1. The molecule has 0 saturated carbocycles. The van der Waals surface area contributed by atoms with Crippen molar-refractivity contribution in [2.24, 2.45) is 0 Å². The first-order chi connectivity index (χ1) is 10.1. The third-order valence-corrected chi connectivity index (χ3v) is 3.08. The van der Waals surface area contributed by atoms with Gasteiger partial charge in [-0.25, -0.2) is 9.97 Å². The third-order valence-electron chi connectivity index (χ3n) is 3.08. The molecule has 0 saturated heterocycles. The van der Waals surface area contributed by atoms with Crippen molar-refractivity contribution < 1.29 is 4.79 Å². The van der Waals surface area contributed by atoms with Crippen molar-refractivity contribution in [2.45, 2.75) is 13.3 Å². The minimum absolute atomic E-state index is 0.0208. The average molecular weight is 283 g/mol. The molecule has 2 heterocycles. The summed E-state index contributed by atoms with van der Waals surface area (Å²) in [6.07, 6.45) is 1.40. The van der Waals surface area contributed by atoms with Crippen LogP contribution in [0, 0.1) is 6.92 Å². The summed E-state index contributed by atoms with van der Waals surface area (Å²) in [6, 6.07) is 8.81. The Bertz CT molecular complexity index is 865. The van der Waals surface area contributed by atoms with E-state index in [-0.39, 0.29) is 23.7 Å². The van der Waals surface area contributed by atoms with Crippen LogP contribution in [0.25, 0.3) is 5.78 Å². The molecule has 0 atom stereocenters. The molecule has 3 aromatic rings. The van der Waals surface area contributed by atoms with Crippen LogP contribution in [-0.4, -0.2) is 25.5 Å². The fraction of sp³-hybridized carbons (Fsp3) is 0.143. The first-order valence-corrected chi connectivity index (χ1v) is 6.41. The second-order valence-electron chi connectivity index (χ2n) is 4.65. The van der Waals surface area contributed by atoms with E-state index in [1.54, 1.807) is 0 Å². The molecular weight excluding hydrogens is 270 g/mol. The van der Waals surface area contributed by atoms with Gasteiger partial charge in [0, 0.05) is 11.8 Å². The predicted octanol–water partition coefficient (Wildman–Crippen LogP) is 0.907. The number of nitrogens with one attached hydrogen (secondary N) is 2. The number of aryl methyl sites for hydroxylation is 1. The van der Waals surface area contributed by atoms with E-state index in [0.717, 1.165) is 11.3 Å². The van der Waals surface area contributed by atoms with Crippen LogP contribution in [0.15, 0.2) is 41.5 Å². The Morgan fingerprint density at radius 1 is 1.38 bits per heavy atom. The molecule has 0 radical (unpaired) electrons. The first-order valence-electron chi connectivity index (χ1n) is 6.41. The first kappa shape index (κ1) is 13.0. The molecule has 2 N–H and O–H groups in total. The zero-order valence-electron chi connectivity index (χ0n) is 11.3. The number of carbonyl (C=O) groups excluding carboxylic acids is 1. The SMILES string of the molecule is Cc1ccccc1NC(=O)Cc1cc(=O)n2[nH]cnc2n1. The maximum Gasteiger partial charge on any atom is 0.274 e. The standard InChI is InChI=1S/C14H13N5O2/c1-9-4-2-3-5-11(9)18-12(20)6-10-7-13(21)19-14(17-10)15-8-16-19/h2-5,7-8H,6H2,1H3,(H,18,20)(H,15,16,17). The number of benzene rings is 1. The van der Waals surface area contributed by atoms with Gasteiger partial charge in [0.2, 0.25) is 5.91 Å². The van der Waals surface area contributed by atoms with Crippen molar-refractivity contribution in [3.63, 3.8) is 0 Å². The number of para-hydroxylation sites is 1. The van der Waals surface area contributed by atoms with Gasteiger partial charge in [0.05, 0.1) is 12.1 Å². The van der Waals surface area contributed by atoms with E-state index < -0.39 is 0 Å². The summed E-state index contributed by atoms with van der Waals surface area (Å²) in [5.41, 5.74) is 1.82. The summed E-state index contributed by atoms with van der Waals surface area (Å²) in [7, 11) is 0. The number of fused-ring (bicyclic) bond motifs is 1. The second kappa shape index (κ2) is 5.20. The Morgan fingerprint density at radius 2 is 2.19 bits per heavy atom. The summed E-state index contributed by atoms with van der Waals surface area (Å²) in [5.74, 6) is 0.0253. The molecule has 0 aliphatic rings. The van der Waals surface area contributed by atoms with Crippen molar-refractivity contribution in [3.05, 3.63) is 58.3 Å². The summed E-state index contributed by atoms with van der Waals surface area (Å²) in [6.45, 7) is 1.91. The van der Waals surface area contributed by atoms with Gasteiger partial charge in [-0.3, -0.25) is 14.7 Å². The molecule has 0 unspecified atom stereocenters. The van der Waals surface area contributed by atoms with Crippen LogP contribution in [0.1, 0.15) is 11.3 Å². The molecule has 1 amide bonds. The van der Waals surface area contributed by atoms with Crippen molar-refractivity contribution in [2.75, 3.05) is 5.32 Å². The molecular formula is C14H13N5O2. The number of hydrogen-bond acceptors (Lipinski definition) is 4. The molecule has 0 spiro atoms. The van der Waals surface area contributed by atoms with Crippen LogP contribution < -0.4 is 10.9 Å². The van der Waals surface area contributed by atoms with Gasteiger partial charge >= 0.3 is 0 Å². The Labute approximate surface area is 119 Å². The number of rotatable bonds is 3. The number of aromatic amines is 1. The predicted molar refractivity (Wildman–Crippen MR) is 77.1 cm³/mol. The Kier molecular flexibility index (Phi) is 3.23. The van der Waals surface area contributed by atoms with Gasteiger partial charge in [-0.1, -0.05) is 18.2 Å². The minimum atomic E-state index is -0.295. The summed E-state index contributed by atoms with van der Waals surface area (Å²) in [5, 5.41) is 5.45. The van der Waals surface area contributed by atoms with Crippen molar-refractivity contribution in [3.8, 4) is 0 Å². The van der Waals surface area contributed by atoms with Crippen LogP contribution in [0.4, 0.5) is 5.69 Å². The molecule has 1 aromatic carbocycles. The third kappa shape index (κ3) is 2.66. The van der Waals surface area contributed by atoms with E-state index in [4.69, 9.17) is 0 Å². The topological polar surface area (TPSA) is 92.2 Å². The number of anilines is 1. The lowest BCUT2D eigenvalue weighted by atomic mass is 10.2. The molecule has 0 aliphatic carbocycles. The fourth-order valence-electron chi connectivity index (χ4n) is 2.03. The van der Waals surface area contributed by atoms with Gasteiger partial charge in [0.1, 0.15) is 6.33 Å². The minimum Gasteiger partial charge on any atom is -0.326 e. The van der Waals surface area contributed by atoms with Gasteiger partial charge in [-0.05, 0) is 18.6 Å². The van der Waals surface area contributed by atoms with Crippen LogP contribution in [0.2, 0.25) is 0 Å². The van der Waals surface area contributed by atoms with E-state index in [2.05, 4.69) is 20.4 Å². The normalized spacial score (nSPS) is 10.7. The smallest absolute Gasteiger partial charge is 0.274 e. The molecule has 0 bridgehead atoms. The van der Waals surface area contributed by atoms with E-state index in [1.165, 1.54) is 16.9 Å². The largest absolute Gasteiger partial charge is 0.326 e. The summed E-state index contributed by atoms with van der Waals surface area (Å²) >= 11 is 0. The molecule has 7 heteroatoms. The summed E-state index contributed by atoms with van der Waals surface area (Å²) in [4.78, 5) is 31.9. The zero-order valence-corrected chi connectivity index (χ0v) is 11.3. The van der Waals surface area contributed by atoms with Crippen LogP contribution in [0.5, 0.6) is 0 Å². The highest BCUT2D eigenvalue weighted by molar-refractivity contribution is 5.92. The zero-order chi connectivity index (χ0) is 14.8. The summed E-state index contributed by atoms with van der Waals surface area (Å²) < 4.78 is 1.21. The van der Waals surface area contributed by atoms with Gasteiger partial charge in [0.15, 0.2) is 0 Å². The number of hydrogen-bond donors (Lipinski definition) is 2. The second-order valence-corrected chi connectivity index (χ2v) is 4.65. The number of aromatic nitrogens is 4. The van der Waals surface area contributed by atoms with Crippen molar-refractivity contribution in [1.82, 2.24) is 19.6 Å². The maximum atomic E-state index is 12.0. The van der Waals surface area contributed by atoms with E-state index in [1.807, 2.05) is 31.2 Å². The molecule has 2 aromatic heterocycles. The molecule has 0 aliphatic heterocycles. The molecule has 7 nitrogen and oxygen atoms in total. The van der Waals surface area contributed by atoms with Gasteiger partial charge in [-0.15, -0.1) is 0 Å². The van der Waals surface area contributed by atoms with Crippen LogP contribution >= 0.6 is 0 Å². The van der Waals surface area contributed by atoms with Gasteiger partial charge < -0.3 is 5.32 Å². The molecule has 106 valence electrons. The fourth-order valence-corrected chi connectivity index (χ4v) is 2.03. The van der Waals surface area contributed by atoms with Crippen molar-refractivity contribution >= 4 is 17.4 Å². The highest BCUT2D eigenvalue weighted by atomic mass is 16.1. The quantitative estimate of drug-likeness (QED) is 0.747. The van der Waals surface area contributed by atoms with Gasteiger partial charge in [0.25, 0.3) is 11.3 Å². The number of carbonyl (C=O) groups is 1. The number of H-pyrrole nitrogens is 1. The van der Waals surface area contributed by atoms with E-state index in [0.29, 0.717) is 5.69 Å². The Morgan fingerprint density at radius 3 is 3.00 bits per heavy atom. The molecule has 0 fully saturated rings. The highest BCUT2D eigenvalue weighted by Gasteiger charge is 2.10. The van der Waals surface area contributed by atoms with E-state index in [9.17, 15) is 9.59 Å². The lowest BCUT2D eigenvalue weighted by Crippen LogP contribution is -2.20. The van der Waals surface area contributed by atoms with E-state index >= 15 is 0 Å². The van der Waals surface area contributed by atoms with Crippen molar-refractivity contribution in [1.29, 1.82) is 0 Å². The average Bonchev–Trinajstić information content (AvgIpc) is 2.90.